The van der Waals surface area contributed by atoms with Crippen LogP contribution in [0.25, 0.3) is 0 Å². The molecule has 0 fully saturated rings. The number of nitrogens with zero attached hydrogens (tertiary/aromatic N) is 1. The fraction of sp³-hybridized carbons (Fsp3) is 0.455. The molecule has 5 heteroatoms. The molecule has 0 heterocycles. The van der Waals surface area contributed by atoms with Gasteiger partial charge in [0.25, 0.3) is 0 Å². The van der Waals surface area contributed by atoms with E-state index >= 15 is 0 Å². The van der Waals surface area contributed by atoms with Crippen LogP contribution in [-0.2, 0) is 5.60 Å². The van der Waals surface area contributed by atoms with Crippen LogP contribution in [0.5, 0.6) is 11.5 Å². The predicted molar refractivity (Wildman–Crippen MR) is 113 cm³/mol. The highest BCUT2D eigenvalue weighted by molar-refractivity contribution is 5.85. The van der Waals surface area contributed by atoms with Gasteiger partial charge in [-0.15, -0.1) is 12.4 Å². The summed E-state index contributed by atoms with van der Waals surface area (Å²) in [5.74, 6) is 1.36. The molecule has 1 N–H and O–H groups in total. The summed E-state index contributed by atoms with van der Waals surface area (Å²) in [5, 5.41) is 11.9. The molecule has 2 unspecified atom stereocenters. The van der Waals surface area contributed by atoms with E-state index in [1.165, 1.54) is 0 Å². The third-order valence-corrected chi connectivity index (χ3v) is 5.13. The zero-order chi connectivity index (χ0) is 19.2. The van der Waals surface area contributed by atoms with Gasteiger partial charge in [0.1, 0.15) is 17.1 Å². The Balaban J connectivity index is 0.00000364. The molecule has 27 heavy (non-hydrogen) atoms. The van der Waals surface area contributed by atoms with E-state index in [1.54, 1.807) is 14.2 Å². The molecular formula is C22H32ClNO3. The van der Waals surface area contributed by atoms with E-state index in [-0.39, 0.29) is 18.4 Å². The smallest absolute Gasteiger partial charge is 0.125 e. The highest BCUT2D eigenvalue weighted by atomic mass is 35.5. The Kier molecular flexibility index (Phi) is 9.10. The van der Waals surface area contributed by atoms with Gasteiger partial charge in [-0.3, -0.25) is 0 Å². The van der Waals surface area contributed by atoms with E-state index in [1.807, 2.05) is 48.5 Å². The van der Waals surface area contributed by atoms with Gasteiger partial charge in [-0.25, -0.2) is 0 Å². The fourth-order valence-electron chi connectivity index (χ4n) is 3.64. The summed E-state index contributed by atoms with van der Waals surface area (Å²) in [6, 6.07) is 15.6. The van der Waals surface area contributed by atoms with Crippen molar-refractivity contribution in [1.82, 2.24) is 4.90 Å². The first-order valence-electron chi connectivity index (χ1n) is 9.24. The molecule has 0 aliphatic rings. The predicted octanol–water partition coefficient (Wildman–Crippen LogP) is 4.48. The van der Waals surface area contributed by atoms with Crippen molar-refractivity contribution in [3.8, 4) is 11.5 Å². The quantitative estimate of drug-likeness (QED) is 0.681. The Morgan fingerprint density at radius 2 is 1.63 bits per heavy atom. The SMILES string of the molecule is CCN(CC)C(C)CC(O)(c1ccccc1)c1cc(OC)ccc1OC.Cl. The molecule has 4 nitrogen and oxygen atoms in total. The van der Waals surface area contributed by atoms with Gasteiger partial charge in [-0.05, 0) is 50.2 Å². The summed E-state index contributed by atoms with van der Waals surface area (Å²) in [5.41, 5.74) is 0.401. The van der Waals surface area contributed by atoms with E-state index in [4.69, 9.17) is 9.47 Å². The molecule has 2 rings (SSSR count). The Labute approximate surface area is 169 Å². The maximum atomic E-state index is 11.9. The van der Waals surface area contributed by atoms with E-state index in [0.717, 1.165) is 24.2 Å². The van der Waals surface area contributed by atoms with Gasteiger partial charge in [-0.2, -0.15) is 0 Å². The second kappa shape index (κ2) is 10.5. The van der Waals surface area contributed by atoms with Crippen molar-refractivity contribution in [2.24, 2.45) is 0 Å². The van der Waals surface area contributed by atoms with Crippen LogP contribution < -0.4 is 9.47 Å². The van der Waals surface area contributed by atoms with Gasteiger partial charge in [0.15, 0.2) is 0 Å². The average Bonchev–Trinajstić information content (AvgIpc) is 2.68. The molecule has 2 aromatic rings. The van der Waals surface area contributed by atoms with Gasteiger partial charge in [0, 0.05) is 11.6 Å². The second-order valence-electron chi connectivity index (χ2n) is 6.57. The lowest BCUT2D eigenvalue weighted by Gasteiger charge is -2.37. The van der Waals surface area contributed by atoms with Crippen LogP contribution in [-0.4, -0.2) is 43.4 Å². The Hall–Kier alpha value is -1.75. The van der Waals surface area contributed by atoms with Crippen LogP contribution in [0.4, 0.5) is 0 Å². The Bertz CT molecular complexity index is 691. The average molecular weight is 394 g/mol. The number of aliphatic hydroxyl groups is 1. The third-order valence-electron chi connectivity index (χ3n) is 5.13. The van der Waals surface area contributed by atoms with Crippen LogP contribution in [0.2, 0.25) is 0 Å². The highest BCUT2D eigenvalue weighted by Crippen LogP contribution is 2.41. The lowest BCUT2D eigenvalue weighted by Crippen LogP contribution is -2.40. The maximum Gasteiger partial charge on any atom is 0.125 e. The van der Waals surface area contributed by atoms with Crippen molar-refractivity contribution in [3.63, 3.8) is 0 Å². The number of hydrogen-bond acceptors (Lipinski definition) is 4. The van der Waals surface area contributed by atoms with Gasteiger partial charge >= 0.3 is 0 Å². The van der Waals surface area contributed by atoms with Gasteiger partial charge < -0.3 is 19.5 Å². The number of benzene rings is 2. The summed E-state index contributed by atoms with van der Waals surface area (Å²) in [6.45, 7) is 8.34. The van der Waals surface area contributed by atoms with Crippen molar-refractivity contribution >= 4 is 12.4 Å². The molecule has 2 aromatic carbocycles. The molecule has 0 saturated carbocycles. The van der Waals surface area contributed by atoms with Crippen LogP contribution in [0.3, 0.4) is 0 Å². The number of ether oxygens (including phenoxy) is 2. The first-order chi connectivity index (χ1) is 12.5. The molecule has 0 bridgehead atoms. The third kappa shape index (κ3) is 5.16. The number of methoxy groups -OCH3 is 2. The Morgan fingerprint density at radius 3 is 2.15 bits per heavy atom. The van der Waals surface area contributed by atoms with Crippen LogP contribution in [0.15, 0.2) is 48.5 Å². The molecule has 2 atom stereocenters. The fourth-order valence-corrected chi connectivity index (χ4v) is 3.64. The zero-order valence-electron chi connectivity index (χ0n) is 16.9. The van der Waals surface area contributed by atoms with Crippen molar-refractivity contribution < 1.29 is 14.6 Å². The normalized spacial score (nSPS) is 14.2. The minimum absolute atomic E-state index is 0. The topological polar surface area (TPSA) is 41.9 Å². The monoisotopic (exact) mass is 393 g/mol. The summed E-state index contributed by atoms with van der Waals surface area (Å²) in [6.07, 6.45) is 0.558. The summed E-state index contributed by atoms with van der Waals surface area (Å²) in [4.78, 5) is 2.35. The van der Waals surface area contributed by atoms with Crippen molar-refractivity contribution in [1.29, 1.82) is 0 Å². The van der Waals surface area contributed by atoms with E-state index in [0.29, 0.717) is 17.9 Å². The highest BCUT2D eigenvalue weighted by Gasteiger charge is 2.37. The molecule has 0 aliphatic heterocycles. The standard InChI is InChI=1S/C22H31NO3.ClH/c1-6-23(7-2)17(3)16-22(24,18-11-9-8-10-12-18)20-15-19(25-4)13-14-21(20)26-5;/h8-15,17,24H,6-7,16H2,1-5H3;1H. The molecular weight excluding hydrogens is 362 g/mol. The van der Waals surface area contributed by atoms with Crippen molar-refractivity contribution in [3.05, 3.63) is 59.7 Å². The van der Waals surface area contributed by atoms with Crippen LogP contribution in [0, 0.1) is 0 Å². The summed E-state index contributed by atoms with van der Waals surface area (Å²) < 4.78 is 11.0. The van der Waals surface area contributed by atoms with Crippen LogP contribution in [0.1, 0.15) is 38.3 Å². The molecule has 0 spiro atoms. The second-order valence-corrected chi connectivity index (χ2v) is 6.57. The Morgan fingerprint density at radius 1 is 1.00 bits per heavy atom. The van der Waals surface area contributed by atoms with Gasteiger partial charge in [0.05, 0.1) is 14.2 Å². The largest absolute Gasteiger partial charge is 0.497 e. The first kappa shape index (κ1) is 23.3. The van der Waals surface area contributed by atoms with E-state index in [2.05, 4.69) is 25.7 Å². The number of halogens is 1. The lowest BCUT2D eigenvalue weighted by atomic mass is 9.80. The number of rotatable bonds is 9. The maximum absolute atomic E-state index is 11.9. The summed E-state index contributed by atoms with van der Waals surface area (Å²) in [7, 11) is 3.26. The molecule has 0 radical (unpaired) electrons. The summed E-state index contributed by atoms with van der Waals surface area (Å²) >= 11 is 0. The molecule has 0 amide bonds. The first-order valence-corrected chi connectivity index (χ1v) is 9.24. The molecule has 150 valence electrons. The van der Waals surface area contributed by atoms with Gasteiger partial charge in [-0.1, -0.05) is 44.2 Å². The molecule has 0 saturated heterocycles. The minimum atomic E-state index is -1.18. The van der Waals surface area contributed by atoms with E-state index in [9.17, 15) is 5.11 Å². The molecule has 0 aliphatic carbocycles. The van der Waals surface area contributed by atoms with Gasteiger partial charge in [0.2, 0.25) is 0 Å². The molecule has 0 aromatic heterocycles. The van der Waals surface area contributed by atoms with E-state index < -0.39 is 5.60 Å². The van der Waals surface area contributed by atoms with Crippen LogP contribution >= 0.6 is 12.4 Å². The number of hydrogen-bond donors (Lipinski definition) is 1. The zero-order valence-corrected chi connectivity index (χ0v) is 17.8. The van der Waals surface area contributed by atoms with Crippen molar-refractivity contribution in [2.75, 3.05) is 27.3 Å². The van der Waals surface area contributed by atoms with Crippen molar-refractivity contribution in [2.45, 2.75) is 38.8 Å². The minimum Gasteiger partial charge on any atom is -0.497 e. The lowest BCUT2D eigenvalue weighted by molar-refractivity contribution is 0.0367.